The van der Waals surface area contributed by atoms with Gasteiger partial charge in [-0.25, -0.2) is 4.98 Å². The summed E-state index contributed by atoms with van der Waals surface area (Å²) < 4.78 is 17.1. The van der Waals surface area contributed by atoms with Gasteiger partial charge in [-0.1, -0.05) is 48.5 Å². The van der Waals surface area contributed by atoms with Crippen LogP contribution in [0.4, 0.5) is 5.82 Å². The van der Waals surface area contributed by atoms with Gasteiger partial charge in [-0.3, -0.25) is 14.5 Å². The van der Waals surface area contributed by atoms with Crippen LogP contribution in [-0.4, -0.2) is 35.0 Å². The number of aromatic nitrogens is 1. The van der Waals surface area contributed by atoms with Gasteiger partial charge in [-0.15, -0.1) is 0 Å². The van der Waals surface area contributed by atoms with Gasteiger partial charge in [-0.05, 0) is 53.6 Å². The second-order valence-corrected chi connectivity index (χ2v) is 9.06. The molecule has 0 radical (unpaired) electrons. The van der Waals surface area contributed by atoms with Crippen molar-refractivity contribution < 1.29 is 28.9 Å². The average Bonchev–Trinajstić information content (AvgIpc) is 3.26. The van der Waals surface area contributed by atoms with Crippen molar-refractivity contribution in [2.45, 2.75) is 12.6 Å². The summed E-state index contributed by atoms with van der Waals surface area (Å²) in [6.45, 7) is 1.20. The van der Waals surface area contributed by atoms with E-state index in [2.05, 4.69) is 4.98 Å². The lowest BCUT2D eigenvalue weighted by Gasteiger charge is -2.24. The van der Waals surface area contributed by atoms with E-state index in [1.165, 1.54) is 4.90 Å². The van der Waals surface area contributed by atoms with Crippen molar-refractivity contribution in [1.29, 1.82) is 0 Å². The molecule has 1 aromatic heterocycles. The summed E-state index contributed by atoms with van der Waals surface area (Å²) in [7, 11) is 0. The topological polar surface area (TPSA) is 98.2 Å². The normalized spacial score (nSPS) is 17.7. The minimum Gasteiger partial charge on any atom is -0.507 e. The smallest absolute Gasteiger partial charge is 0.301 e. The van der Waals surface area contributed by atoms with E-state index in [1.54, 1.807) is 66.9 Å². The second kappa shape index (κ2) is 10.3. The van der Waals surface area contributed by atoms with Crippen molar-refractivity contribution in [3.8, 4) is 17.2 Å². The third-order valence-electron chi connectivity index (χ3n) is 6.60. The summed E-state index contributed by atoms with van der Waals surface area (Å²) in [6, 6.07) is 26.0. The number of aliphatic hydroxyl groups excluding tert-OH is 1. The first-order valence-corrected chi connectivity index (χ1v) is 12.5. The van der Waals surface area contributed by atoms with E-state index >= 15 is 0 Å². The number of ether oxygens (including phenoxy) is 3. The summed E-state index contributed by atoms with van der Waals surface area (Å²) in [5, 5.41) is 11.4. The second-order valence-electron chi connectivity index (χ2n) is 9.06. The first kappa shape index (κ1) is 24.2. The Balaban J connectivity index is 1.39. The molecule has 194 valence electrons. The van der Waals surface area contributed by atoms with Gasteiger partial charge >= 0.3 is 5.91 Å². The maximum absolute atomic E-state index is 13.4. The predicted octanol–water partition coefficient (Wildman–Crippen LogP) is 5.06. The summed E-state index contributed by atoms with van der Waals surface area (Å²) in [6.07, 6.45) is 1.55. The zero-order valence-electron chi connectivity index (χ0n) is 20.8. The van der Waals surface area contributed by atoms with Gasteiger partial charge in [0, 0.05) is 11.8 Å². The summed E-state index contributed by atoms with van der Waals surface area (Å²) in [4.78, 5) is 32.3. The van der Waals surface area contributed by atoms with Gasteiger partial charge in [0.25, 0.3) is 5.78 Å². The standard InChI is InChI=1S/C31H24N2O6/c34-29(22-11-14-24-25(18-22)38-17-16-37-24)27-28(33(31(36)30(27)35)26-8-4-5-15-32-26)21-9-12-23(13-10-21)39-19-20-6-2-1-3-7-20/h1-15,18,28,34H,16-17,19H2. The number of hydrogen-bond donors (Lipinski definition) is 1. The van der Waals surface area contributed by atoms with Gasteiger partial charge in [0.1, 0.15) is 37.1 Å². The van der Waals surface area contributed by atoms with Crippen LogP contribution in [0, 0.1) is 0 Å². The lowest BCUT2D eigenvalue weighted by atomic mass is 9.95. The fraction of sp³-hybridized carbons (Fsp3) is 0.129. The largest absolute Gasteiger partial charge is 0.507 e. The third kappa shape index (κ3) is 4.68. The molecule has 8 heteroatoms. The maximum atomic E-state index is 13.4. The number of ketones is 1. The highest BCUT2D eigenvalue weighted by Gasteiger charge is 2.47. The van der Waals surface area contributed by atoms with Crippen molar-refractivity contribution in [1.82, 2.24) is 4.98 Å². The Morgan fingerprint density at radius 2 is 1.64 bits per heavy atom. The van der Waals surface area contributed by atoms with Crippen molar-refractivity contribution >= 4 is 23.3 Å². The van der Waals surface area contributed by atoms with E-state index in [4.69, 9.17) is 14.2 Å². The number of anilines is 1. The molecule has 1 N–H and O–H groups in total. The molecule has 0 spiro atoms. The molecule has 2 aliphatic rings. The Morgan fingerprint density at radius 3 is 2.38 bits per heavy atom. The number of hydrogen-bond acceptors (Lipinski definition) is 7. The first-order valence-electron chi connectivity index (χ1n) is 12.5. The summed E-state index contributed by atoms with van der Waals surface area (Å²) >= 11 is 0. The maximum Gasteiger partial charge on any atom is 0.301 e. The van der Waals surface area contributed by atoms with Crippen LogP contribution in [0.1, 0.15) is 22.7 Å². The molecular weight excluding hydrogens is 496 g/mol. The first-order chi connectivity index (χ1) is 19.1. The number of fused-ring (bicyclic) bond motifs is 1. The van der Waals surface area contributed by atoms with Crippen LogP contribution in [0.25, 0.3) is 5.76 Å². The molecule has 2 aliphatic heterocycles. The quantitative estimate of drug-likeness (QED) is 0.216. The van der Waals surface area contributed by atoms with E-state index in [1.807, 2.05) is 30.3 Å². The third-order valence-corrected chi connectivity index (χ3v) is 6.60. The summed E-state index contributed by atoms with van der Waals surface area (Å²) in [5.41, 5.74) is 1.95. The monoisotopic (exact) mass is 520 g/mol. The van der Waals surface area contributed by atoms with E-state index in [-0.39, 0.29) is 11.3 Å². The summed E-state index contributed by atoms with van der Waals surface area (Å²) in [5.74, 6) is 0.0531. The van der Waals surface area contributed by atoms with Crippen LogP contribution >= 0.6 is 0 Å². The van der Waals surface area contributed by atoms with Crippen molar-refractivity contribution in [3.63, 3.8) is 0 Å². The molecule has 0 aliphatic carbocycles. The number of amides is 1. The molecule has 8 nitrogen and oxygen atoms in total. The molecule has 6 rings (SSSR count). The highest BCUT2D eigenvalue weighted by Crippen LogP contribution is 2.43. The number of pyridine rings is 1. The van der Waals surface area contributed by atoms with E-state index in [0.717, 1.165) is 5.56 Å². The van der Waals surface area contributed by atoms with Crippen LogP contribution in [0.15, 0.2) is 103 Å². The van der Waals surface area contributed by atoms with Crippen LogP contribution < -0.4 is 19.1 Å². The molecule has 1 unspecified atom stereocenters. The zero-order chi connectivity index (χ0) is 26.8. The van der Waals surface area contributed by atoms with E-state index < -0.39 is 17.7 Å². The van der Waals surface area contributed by atoms with E-state index in [0.29, 0.717) is 54.0 Å². The fourth-order valence-electron chi connectivity index (χ4n) is 4.71. The van der Waals surface area contributed by atoms with Crippen molar-refractivity contribution in [2.24, 2.45) is 0 Å². The molecule has 0 saturated carbocycles. The van der Waals surface area contributed by atoms with Gasteiger partial charge in [0.05, 0.1) is 11.6 Å². The number of nitrogens with zero attached hydrogens (tertiary/aromatic N) is 2. The molecule has 3 aromatic carbocycles. The Bertz CT molecular complexity index is 1550. The van der Waals surface area contributed by atoms with Gasteiger partial charge in [0.2, 0.25) is 0 Å². The van der Waals surface area contributed by atoms with Crippen LogP contribution in [-0.2, 0) is 16.2 Å². The average molecular weight is 521 g/mol. The van der Waals surface area contributed by atoms with Crippen molar-refractivity contribution in [2.75, 3.05) is 18.1 Å². The predicted molar refractivity (Wildman–Crippen MR) is 144 cm³/mol. The molecule has 39 heavy (non-hydrogen) atoms. The Kier molecular flexibility index (Phi) is 6.42. The number of Topliss-reactive ketones (excluding diaryl/α,β-unsaturated/α-hetero) is 1. The van der Waals surface area contributed by atoms with Crippen molar-refractivity contribution in [3.05, 3.63) is 119 Å². The fourth-order valence-corrected chi connectivity index (χ4v) is 4.71. The Hall–Kier alpha value is -5.11. The molecule has 1 fully saturated rings. The molecule has 4 aromatic rings. The van der Waals surface area contributed by atoms with E-state index in [9.17, 15) is 14.7 Å². The minimum absolute atomic E-state index is 0.0414. The SMILES string of the molecule is O=C1C(=O)N(c2ccccn2)C(c2ccc(OCc3ccccc3)cc2)C1=C(O)c1ccc2c(c1)OCCO2. The Labute approximate surface area is 224 Å². The molecule has 1 saturated heterocycles. The highest BCUT2D eigenvalue weighted by molar-refractivity contribution is 6.51. The lowest BCUT2D eigenvalue weighted by Crippen LogP contribution is -2.30. The number of aliphatic hydroxyl groups is 1. The zero-order valence-corrected chi connectivity index (χ0v) is 20.8. The van der Waals surface area contributed by atoms with Crippen LogP contribution in [0.2, 0.25) is 0 Å². The number of carbonyl (C=O) groups excluding carboxylic acids is 2. The van der Waals surface area contributed by atoms with Crippen LogP contribution in [0.3, 0.4) is 0 Å². The van der Waals surface area contributed by atoms with Gasteiger partial charge in [0.15, 0.2) is 11.5 Å². The van der Waals surface area contributed by atoms with Gasteiger partial charge in [-0.2, -0.15) is 0 Å². The molecule has 1 atom stereocenters. The number of benzene rings is 3. The van der Waals surface area contributed by atoms with Crippen LogP contribution in [0.5, 0.6) is 17.2 Å². The molecule has 1 amide bonds. The van der Waals surface area contributed by atoms with Gasteiger partial charge < -0.3 is 19.3 Å². The number of rotatable bonds is 6. The lowest BCUT2D eigenvalue weighted by molar-refractivity contribution is -0.132. The number of carbonyl (C=O) groups is 2. The molecule has 0 bridgehead atoms. The Morgan fingerprint density at radius 1 is 0.897 bits per heavy atom. The minimum atomic E-state index is -0.906. The molecular formula is C31H24N2O6. The molecule has 3 heterocycles. The highest BCUT2D eigenvalue weighted by atomic mass is 16.6.